The van der Waals surface area contributed by atoms with Crippen LogP contribution < -0.4 is 5.32 Å². The van der Waals surface area contributed by atoms with Crippen molar-refractivity contribution in [3.05, 3.63) is 35.4 Å². The predicted molar refractivity (Wildman–Crippen MR) is 78.0 cm³/mol. The van der Waals surface area contributed by atoms with Crippen molar-refractivity contribution in [3.8, 4) is 0 Å². The smallest absolute Gasteiger partial charge is 0.0436 e. The lowest BCUT2D eigenvalue weighted by molar-refractivity contribution is 0.240. The fourth-order valence-corrected chi connectivity index (χ4v) is 3.02. The molecule has 2 aliphatic rings. The fourth-order valence-electron chi connectivity index (χ4n) is 3.02. The van der Waals surface area contributed by atoms with Gasteiger partial charge in [-0.3, -0.25) is 0 Å². The summed E-state index contributed by atoms with van der Waals surface area (Å²) in [7, 11) is 0. The molecule has 0 amide bonds. The molecule has 19 heavy (non-hydrogen) atoms. The quantitative estimate of drug-likeness (QED) is 0.788. The first kappa shape index (κ1) is 13.1. The second-order valence-electron chi connectivity index (χ2n) is 6.58. The maximum absolute atomic E-state index is 9.15. The van der Waals surface area contributed by atoms with E-state index >= 15 is 0 Å². The van der Waals surface area contributed by atoms with Crippen molar-refractivity contribution in [2.45, 2.75) is 45.1 Å². The van der Waals surface area contributed by atoms with Gasteiger partial charge in [0.2, 0.25) is 0 Å². The molecular weight excluding hydrogens is 234 g/mol. The van der Waals surface area contributed by atoms with Crippen LogP contribution in [0, 0.1) is 18.3 Å². The summed E-state index contributed by atoms with van der Waals surface area (Å²) in [6.07, 6.45) is 6.25. The Balaban J connectivity index is 1.63. The van der Waals surface area contributed by atoms with E-state index < -0.39 is 0 Å². The van der Waals surface area contributed by atoms with Gasteiger partial charge in [-0.05, 0) is 55.9 Å². The normalized spacial score (nSPS) is 22.2. The summed E-state index contributed by atoms with van der Waals surface area (Å²) in [4.78, 5) is 0. The summed E-state index contributed by atoms with van der Waals surface area (Å²) < 4.78 is 0. The van der Waals surface area contributed by atoms with Gasteiger partial charge in [0.25, 0.3) is 0 Å². The molecule has 1 aromatic carbocycles. The Kier molecular flexibility index (Phi) is 3.64. The number of aliphatic hydroxyl groups excluding tert-OH is 1. The van der Waals surface area contributed by atoms with E-state index in [9.17, 15) is 0 Å². The Morgan fingerprint density at radius 2 is 1.95 bits per heavy atom. The highest BCUT2D eigenvalue weighted by Crippen LogP contribution is 2.49. The van der Waals surface area contributed by atoms with Gasteiger partial charge in [-0.1, -0.05) is 29.8 Å². The molecule has 0 spiro atoms. The van der Waals surface area contributed by atoms with Gasteiger partial charge in [-0.25, -0.2) is 0 Å². The zero-order valence-corrected chi connectivity index (χ0v) is 11.9. The summed E-state index contributed by atoms with van der Waals surface area (Å²) in [5.41, 5.74) is 3.18. The van der Waals surface area contributed by atoms with Gasteiger partial charge in [-0.2, -0.15) is 0 Å². The minimum absolute atomic E-state index is 0.334. The number of nitrogens with one attached hydrogen (secondary N) is 1. The van der Waals surface area contributed by atoms with Gasteiger partial charge in [0.15, 0.2) is 0 Å². The van der Waals surface area contributed by atoms with Crippen molar-refractivity contribution in [1.29, 1.82) is 0 Å². The van der Waals surface area contributed by atoms with Crippen LogP contribution in [0.3, 0.4) is 0 Å². The molecule has 2 N–H and O–H groups in total. The molecule has 2 saturated carbocycles. The zero-order valence-electron chi connectivity index (χ0n) is 11.9. The van der Waals surface area contributed by atoms with E-state index in [0.717, 1.165) is 18.9 Å². The van der Waals surface area contributed by atoms with Gasteiger partial charge < -0.3 is 10.4 Å². The Hall–Kier alpha value is -0.860. The maximum atomic E-state index is 9.15. The largest absolute Gasteiger partial charge is 0.396 e. The summed E-state index contributed by atoms with van der Waals surface area (Å²) in [6.45, 7) is 3.55. The van der Waals surface area contributed by atoms with E-state index in [4.69, 9.17) is 5.11 Å². The first-order valence-electron chi connectivity index (χ1n) is 7.63. The van der Waals surface area contributed by atoms with E-state index in [1.54, 1.807) is 0 Å². The molecular formula is C17H25NO. The predicted octanol–water partition coefficient (Wildman–Crippen LogP) is 3.20. The third-order valence-electron chi connectivity index (χ3n) is 4.83. The highest BCUT2D eigenvalue weighted by molar-refractivity contribution is 5.25. The van der Waals surface area contributed by atoms with E-state index in [-0.39, 0.29) is 0 Å². The third-order valence-corrected chi connectivity index (χ3v) is 4.83. The Morgan fingerprint density at radius 3 is 2.47 bits per heavy atom. The van der Waals surface area contributed by atoms with Gasteiger partial charge in [0.1, 0.15) is 0 Å². The van der Waals surface area contributed by atoms with Gasteiger partial charge in [-0.15, -0.1) is 0 Å². The van der Waals surface area contributed by atoms with Crippen LogP contribution in [0.1, 0.15) is 49.3 Å². The number of hydrogen-bond donors (Lipinski definition) is 2. The van der Waals surface area contributed by atoms with Crippen LogP contribution in [0.25, 0.3) is 0 Å². The maximum Gasteiger partial charge on any atom is 0.0436 e. The van der Waals surface area contributed by atoms with Gasteiger partial charge in [0, 0.05) is 19.2 Å². The molecule has 2 aliphatic carbocycles. The van der Waals surface area contributed by atoms with Crippen molar-refractivity contribution in [2.24, 2.45) is 11.3 Å². The molecule has 2 fully saturated rings. The van der Waals surface area contributed by atoms with Crippen LogP contribution in [0.4, 0.5) is 0 Å². The van der Waals surface area contributed by atoms with E-state index in [0.29, 0.717) is 18.1 Å². The van der Waals surface area contributed by atoms with Gasteiger partial charge >= 0.3 is 0 Å². The number of rotatable bonds is 7. The van der Waals surface area contributed by atoms with Crippen molar-refractivity contribution in [2.75, 3.05) is 13.2 Å². The molecule has 1 unspecified atom stereocenters. The average Bonchev–Trinajstić information content (AvgIpc) is 3.28. The molecule has 104 valence electrons. The summed E-state index contributed by atoms with van der Waals surface area (Å²) in [5.74, 6) is 0.827. The summed E-state index contributed by atoms with van der Waals surface area (Å²) >= 11 is 0. The molecule has 1 atom stereocenters. The first-order valence-corrected chi connectivity index (χ1v) is 7.63. The summed E-state index contributed by atoms with van der Waals surface area (Å²) in [5, 5.41) is 12.9. The average molecular weight is 259 g/mol. The van der Waals surface area contributed by atoms with Crippen molar-refractivity contribution in [3.63, 3.8) is 0 Å². The van der Waals surface area contributed by atoms with E-state index in [1.807, 2.05) is 0 Å². The molecule has 2 heteroatoms. The zero-order chi connectivity index (χ0) is 13.3. The monoisotopic (exact) mass is 259 g/mol. The highest BCUT2D eigenvalue weighted by Gasteiger charge is 2.43. The molecule has 0 radical (unpaired) electrons. The van der Waals surface area contributed by atoms with E-state index in [1.165, 1.54) is 36.8 Å². The Labute approximate surface area is 116 Å². The Bertz CT molecular complexity index is 417. The topological polar surface area (TPSA) is 32.3 Å². The standard InChI is InChI=1S/C17H25NO/c1-13-2-4-14(5-3-13)16(15-6-7-15)18-12-17(8-9-17)10-11-19/h2-5,15-16,18-19H,6-12H2,1H3. The second-order valence-corrected chi connectivity index (χ2v) is 6.58. The van der Waals surface area contributed by atoms with Gasteiger partial charge in [0.05, 0.1) is 0 Å². The number of aliphatic hydroxyl groups is 1. The molecule has 0 bridgehead atoms. The molecule has 3 rings (SSSR count). The Morgan fingerprint density at radius 1 is 1.26 bits per heavy atom. The van der Waals surface area contributed by atoms with Crippen LogP contribution >= 0.6 is 0 Å². The van der Waals surface area contributed by atoms with Crippen LogP contribution in [0.5, 0.6) is 0 Å². The van der Waals surface area contributed by atoms with Crippen LogP contribution in [0.15, 0.2) is 24.3 Å². The number of aryl methyl sites for hydroxylation is 1. The summed E-state index contributed by atoms with van der Waals surface area (Å²) in [6, 6.07) is 9.50. The minimum atomic E-state index is 0.334. The first-order chi connectivity index (χ1) is 9.22. The molecule has 0 saturated heterocycles. The second kappa shape index (κ2) is 5.26. The third kappa shape index (κ3) is 3.18. The fraction of sp³-hybridized carbons (Fsp3) is 0.647. The minimum Gasteiger partial charge on any atom is -0.396 e. The van der Waals surface area contributed by atoms with E-state index in [2.05, 4.69) is 36.5 Å². The molecule has 0 aromatic heterocycles. The SMILES string of the molecule is Cc1ccc(C(NCC2(CCO)CC2)C2CC2)cc1. The highest BCUT2D eigenvalue weighted by atomic mass is 16.3. The lowest BCUT2D eigenvalue weighted by Gasteiger charge is -2.23. The van der Waals surface area contributed by atoms with Crippen LogP contribution in [0.2, 0.25) is 0 Å². The van der Waals surface area contributed by atoms with Crippen molar-refractivity contribution in [1.82, 2.24) is 5.32 Å². The number of benzene rings is 1. The molecule has 0 heterocycles. The van der Waals surface area contributed by atoms with Crippen LogP contribution in [-0.4, -0.2) is 18.3 Å². The lowest BCUT2D eigenvalue weighted by Crippen LogP contribution is -2.30. The van der Waals surface area contributed by atoms with Crippen LogP contribution in [-0.2, 0) is 0 Å². The molecule has 2 nitrogen and oxygen atoms in total. The molecule has 1 aromatic rings. The molecule has 0 aliphatic heterocycles. The number of hydrogen-bond acceptors (Lipinski definition) is 2. The lowest BCUT2D eigenvalue weighted by atomic mass is 9.98. The van der Waals surface area contributed by atoms with Crippen molar-refractivity contribution < 1.29 is 5.11 Å². The van der Waals surface area contributed by atoms with Crippen molar-refractivity contribution >= 4 is 0 Å².